The summed E-state index contributed by atoms with van der Waals surface area (Å²) in [6.45, 7) is 14.2. The van der Waals surface area contributed by atoms with Crippen molar-refractivity contribution < 1.29 is 9.53 Å². The molecule has 2 saturated heterocycles. The van der Waals surface area contributed by atoms with Crippen molar-refractivity contribution in [2.45, 2.75) is 53.6 Å². The molecule has 0 unspecified atom stereocenters. The summed E-state index contributed by atoms with van der Waals surface area (Å²) in [4.78, 5) is 25.8. The van der Waals surface area contributed by atoms with Crippen molar-refractivity contribution in [3.8, 4) is 5.75 Å². The number of likely N-dealkylation sites (tertiary alicyclic amines) is 2. The number of hydrogen-bond acceptors (Lipinski definition) is 8. The minimum atomic E-state index is -0.306. The van der Waals surface area contributed by atoms with E-state index in [2.05, 4.69) is 50.4 Å². The van der Waals surface area contributed by atoms with E-state index in [1.165, 1.54) is 5.56 Å². The lowest BCUT2D eigenvalue weighted by molar-refractivity contribution is -0.167. The normalized spacial score (nSPS) is 16.9. The maximum absolute atomic E-state index is 12.5. The Bertz CT molecular complexity index is 1310. The van der Waals surface area contributed by atoms with Crippen LogP contribution in [0, 0.1) is 10.8 Å². The van der Waals surface area contributed by atoms with E-state index in [0.29, 0.717) is 12.4 Å². The second-order valence-electron chi connectivity index (χ2n) is 11.9. The van der Waals surface area contributed by atoms with Gasteiger partial charge in [-0.25, -0.2) is 4.98 Å². The Morgan fingerprint density at radius 2 is 1.92 bits per heavy atom. The van der Waals surface area contributed by atoms with Gasteiger partial charge in [0, 0.05) is 55.7 Å². The Hall–Kier alpha value is -3.40. The van der Waals surface area contributed by atoms with E-state index in [4.69, 9.17) is 10.5 Å². The standard InChI is InChI=1S/C28H40N8O2/c1-6-7-10-30-24-23-21(32-26(29)33-24)12-31-36(23)14-20-9-8-19(11-22(20)38-5)13-34-15-28(16-34)17-35(18-28)25(37)27(2,3)4/h8-9,11-12H,6-7,10,13-18H2,1-5H3,(H3,29,30,32,33). The van der Waals surface area contributed by atoms with Crippen molar-refractivity contribution in [3.05, 3.63) is 35.5 Å². The number of carbonyl (C=O) groups excluding carboxylic acids is 1. The summed E-state index contributed by atoms with van der Waals surface area (Å²) in [5, 5.41) is 7.98. The summed E-state index contributed by atoms with van der Waals surface area (Å²) in [5.74, 6) is 2.04. The maximum Gasteiger partial charge on any atom is 0.227 e. The maximum atomic E-state index is 12.5. The zero-order chi connectivity index (χ0) is 27.1. The third kappa shape index (κ3) is 5.14. The number of fused-ring (bicyclic) bond motifs is 1. The van der Waals surface area contributed by atoms with E-state index < -0.39 is 0 Å². The lowest BCUT2D eigenvalue weighted by Crippen LogP contribution is -2.73. The second-order valence-corrected chi connectivity index (χ2v) is 11.9. The number of amides is 1. The predicted octanol–water partition coefficient (Wildman–Crippen LogP) is 3.37. The number of carbonyl (C=O) groups is 1. The van der Waals surface area contributed by atoms with Gasteiger partial charge in [-0.3, -0.25) is 14.4 Å². The van der Waals surface area contributed by atoms with Crippen molar-refractivity contribution >= 4 is 28.7 Å². The van der Waals surface area contributed by atoms with Crippen LogP contribution in [0.1, 0.15) is 51.7 Å². The fourth-order valence-electron chi connectivity index (χ4n) is 5.68. The van der Waals surface area contributed by atoms with Crippen LogP contribution in [0.5, 0.6) is 5.75 Å². The van der Waals surface area contributed by atoms with Crippen LogP contribution in [-0.2, 0) is 17.9 Å². The van der Waals surface area contributed by atoms with E-state index in [-0.39, 0.29) is 22.7 Å². The first-order valence-corrected chi connectivity index (χ1v) is 13.5. The average Bonchev–Trinajstić information content (AvgIpc) is 3.22. The SMILES string of the molecule is CCCCNc1nc(N)nc2cnn(Cc3ccc(CN4CC5(C4)CN(C(=O)C(C)(C)C)C5)cc3OC)c12. The van der Waals surface area contributed by atoms with Gasteiger partial charge in [-0.2, -0.15) is 10.1 Å². The van der Waals surface area contributed by atoms with Gasteiger partial charge in [-0.15, -0.1) is 0 Å². The first-order chi connectivity index (χ1) is 18.1. The number of nitrogens with one attached hydrogen (secondary N) is 1. The number of rotatable bonds is 9. The van der Waals surface area contributed by atoms with Crippen molar-refractivity contribution in [1.29, 1.82) is 0 Å². The number of anilines is 2. The molecule has 10 nitrogen and oxygen atoms in total. The molecule has 2 aliphatic rings. The van der Waals surface area contributed by atoms with Gasteiger partial charge in [-0.05, 0) is 18.1 Å². The molecule has 4 heterocycles. The van der Waals surface area contributed by atoms with E-state index in [0.717, 1.165) is 74.5 Å². The molecule has 0 radical (unpaired) electrons. The minimum Gasteiger partial charge on any atom is -0.496 e. The van der Waals surface area contributed by atoms with Crippen LogP contribution in [0.25, 0.3) is 11.0 Å². The van der Waals surface area contributed by atoms with Gasteiger partial charge in [-0.1, -0.05) is 46.2 Å². The number of hydrogen-bond donors (Lipinski definition) is 2. The Balaban J connectivity index is 1.24. The van der Waals surface area contributed by atoms with Gasteiger partial charge in [0.2, 0.25) is 11.9 Å². The highest BCUT2D eigenvalue weighted by Gasteiger charge is 2.53. The molecular weight excluding hydrogens is 480 g/mol. The average molecular weight is 521 g/mol. The molecule has 2 fully saturated rings. The van der Waals surface area contributed by atoms with Crippen molar-refractivity contribution in [3.63, 3.8) is 0 Å². The number of benzene rings is 1. The van der Waals surface area contributed by atoms with Crippen LogP contribution in [0.2, 0.25) is 0 Å². The van der Waals surface area contributed by atoms with Crippen LogP contribution in [0.4, 0.5) is 11.8 Å². The summed E-state index contributed by atoms with van der Waals surface area (Å²) in [5.41, 5.74) is 9.72. The molecule has 38 heavy (non-hydrogen) atoms. The van der Waals surface area contributed by atoms with E-state index in [1.54, 1.807) is 13.3 Å². The number of methoxy groups -OCH3 is 1. The van der Waals surface area contributed by atoms with Crippen molar-refractivity contribution in [2.75, 3.05) is 50.9 Å². The molecule has 1 aromatic carbocycles. The van der Waals surface area contributed by atoms with Gasteiger partial charge in [0.05, 0.1) is 19.9 Å². The monoisotopic (exact) mass is 520 g/mol. The number of aromatic nitrogens is 4. The molecule has 5 rings (SSSR count). The summed E-state index contributed by atoms with van der Waals surface area (Å²) < 4.78 is 7.69. The highest BCUT2D eigenvalue weighted by molar-refractivity contribution is 5.86. The highest BCUT2D eigenvalue weighted by Crippen LogP contribution is 2.42. The summed E-state index contributed by atoms with van der Waals surface area (Å²) >= 11 is 0. The van der Waals surface area contributed by atoms with Crippen LogP contribution in [0.15, 0.2) is 24.4 Å². The number of unbranched alkanes of at least 4 members (excludes halogenated alkanes) is 1. The van der Waals surface area contributed by atoms with Crippen LogP contribution < -0.4 is 15.8 Å². The number of ether oxygens (including phenoxy) is 1. The molecule has 1 spiro atoms. The first-order valence-electron chi connectivity index (χ1n) is 13.5. The number of nitrogens with zero attached hydrogens (tertiary/aromatic N) is 6. The summed E-state index contributed by atoms with van der Waals surface area (Å²) in [6, 6.07) is 6.41. The largest absolute Gasteiger partial charge is 0.496 e. The molecule has 3 aromatic rings. The summed E-state index contributed by atoms with van der Waals surface area (Å²) in [6.07, 6.45) is 3.86. The molecule has 0 saturated carbocycles. The predicted molar refractivity (Wildman–Crippen MR) is 149 cm³/mol. The number of nitrogens with two attached hydrogens (primary N) is 1. The Morgan fingerprint density at radius 1 is 1.16 bits per heavy atom. The Kier molecular flexibility index (Phi) is 6.94. The van der Waals surface area contributed by atoms with Crippen LogP contribution >= 0.6 is 0 Å². The smallest absolute Gasteiger partial charge is 0.227 e. The molecular formula is C28H40N8O2. The molecule has 0 atom stereocenters. The Labute approximate surface area is 224 Å². The van der Waals surface area contributed by atoms with Gasteiger partial charge >= 0.3 is 0 Å². The lowest BCUT2D eigenvalue weighted by Gasteiger charge is -2.61. The third-order valence-electron chi connectivity index (χ3n) is 7.51. The van der Waals surface area contributed by atoms with Gasteiger partial charge in [0.15, 0.2) is 5.82 Å². The van der Waals surface area contributed by atoms with Gasteiger partial charge in [0.1, 0.15) is 16.8 Å². The molecule has 2 aliphatic heterocycles. The second kappa shape index (κ2) is 10.1. The highest BCUT2D eigenvalue weighted by atomic mass is 16.5. The molecule has 0 bridgehead atoms. The molecule has 3 N–H and O–H groups in total. The Morgan fingerprint density at radius 3 is 2.61 bits per heavy atom. The minimum absolute atomic E-state index is 0.237. The van der Waals surface area contributed by atoms with Crippen molar-refractivity contribution in [1.82, 2.24) is 29.5 Å². The zero-order valence-corrected chi connectivity index (χ0v) is 23.3. The quantitative estimate of drug-likeness (QED) is 0.413. The van der Waals surface area contributed by atoms with Gasteiger partial charge in [0.25, 0.3) is 0 Å². The van der Waals surface area contributed by atoms with Crippen LogP contribution in [-0.4, -0.2) is 75.3 Å². The fourth-order valence-corrected chi connectivity index (χ4v) is 5.68. The topological polar surface area (TPSA) is 114 Å². The molecule has 2 aromatic heterocycles. The van der Waals surface area contributed by atoms with Gasteiger partial charge < -0.3 is 20.7 Å². The first kappa shape index (κ1) is 26.2. The molecule has 10 heteroatoms. The van der Waals surface area contributed by atoms with Crippen LogP contribution in [0.3, 0.4) is 0 Å². The molecule has 204 valence electrons. The van der Waals surface area contributed by atoms with E-state index in [1.807, 2.05) is 30.4 Å². The fraction of sp³-hybridized carbons (Fsp3) is 0.571. The number of nitrogen functional groups attached to an aromatic ring is 1. The molecule has 0 aliphatic carbocycles. The van der Waals surface area contributed by atoms with Crippen molar-refractivity contribution in [2.24, 2.45) is 10.8 Å². The van der Waals surface area contributed by atoms with E-state index in [9.17, 15) is 4.79 Å². The van der Waals surface area contributed by atoms with E-state index >= 15 is 0 Å². The third-order valence-corrected chi connectivity index (χ3v) is 7.51. The molecule has 1 amide bonds. The lowest BCUT2D eigenvalue weighted by atomic mass is 9.71. The summed E-state index contributed by atoms with van der Waals surface area (Å²) in [7, 11) is 1.71. The zero-order valence-electron chi connectivity index (χ0n) is 23.3.